The monoisotopic (exact) mass is 331 g/mol. The van der Waals surface area contributed by atoms with E-state index in [0.717, 1.165) is 0 Å². The lowest BCUT2D eigenvalue weighted by Gasteiger charge is -2.09. The molecule has 2 amide bonds. The number of halogens is 1. The number of hydrogen-bond donors (Lipinski definition) is 2. The average Bonchev–Trinajstić information content (AvgIpc) is 2.34. The van der Waals surface area contributed by atoms with Crippen molar-refractivity contribution in [1.82, 2.24) is 4.98 Å². The van der Waals surface area contributed by atoms with Gasteiger partial charge in [0.25, 0.3) is 0 Å². The summed E-state index contributed by atoms with van der Waals surface area (Å²) in [5, 5.41) is 4.95. The van der Waals surface area contributed by atoms with Gasteiger partial charge in [-0.05, 0) is 29.8 Å². The van der Waals surface area contributed by atoms with Gasteiger partial charge in [-0.25, -0.2) is 14.6 Å². The molecule has 1 heterocycles. The highest BCUT2D eigenvalue weighted by Crippen LogP contribution is 2.24. The van der Waals surface area contributed by atoms with Crippen molar-refractivity contribution in [1.29, 1.82) is 0 Å². The Balaban J connectivity index is 2.76. The minimum Gasteiger partial charge on any atom is -0.450 e. The topological polar surface area (TPSA) is 89.6 Å². The summed E-state index contributed by atoms with van der Waals surface area (Å²) in [4.78, 5) is 26.5. The second-order valence-electron chi connectivity index (χ2n) is 3.24. The van der Waals surface area contributed by atoms with Crippen molar-refractivity contribution in [2.24, 2.45) is 0 Å². The Morgan fingerprint density at radius 1 is 1.21 bits per heavy atom. The Morgan fingerprint density at radius 2 is 1.79 bits per heavy atom. The van der Waals surface area contributed by atoms with E-state index < -0.39 is 12.2 Å². The number of amides is 2. The molecule has 0 saturated heterocycles. The molecule has 1 aromatic heterocycles. The number of anilines is 2. The zero-order valence-electron chi connectivity index (χ0n) is 10.5. The molecule has 19 heavy (non-hydrogen) atoms. The van der Waals surface area contributed by atoms with Gasteiger partial charge >= 0.3 is 12.2 Å². The van der Waals surface area contributed by atoms with Gasteiger partial charge in [-0.1, -0.05) is 0 Å². The molecular weight excluding hydrogens is 318 g/mol. The summed E-state index contributed by atoms with van der Waals surface area (Å²) in [5.41, 5.74) is 0.431. The molecule has 0 unspecified atom stereocenters. The highest BCUT2D eigenvalue weighted by molar-refractivity contribution is 9.10. The molecule has 0 spiro atoms. The van der Waals surface area contributed by atoms with Crippen LogP contribution in [0.3, 0.4) is 0 Å². The van der Waals surface area contributed by atoms with Crippen molar-refractivity contribution < 1.29 is 19.1 Å². The van der Waals surface area contributed by atoms with Gasteiger partial charge in [0.2, 0.25) is 0 Å². The van der Waals surface area contributed by atoms with Gasteiger partial charge in [-0.2, -0.15) is 0 Å². The van der Waals surface area contributed by atoms with Crippen molar-refractivity contribution in [2.45, 2.75) is 13.8 Å². The minimum atomic E-state index is -0.612. The van der Waals surface area contributed by atoms with E-state index in [1.807, 2.05) is 0 Å². The zero-order valence-corrected chi connectivity index (χ0v) is 12.1. The van der Waals surface area contributed by atoms with E-state index in [0.29, 0.717) is 10.2 Å². The Labute approximate surface area is 118 Å². The van der Waals surface area contributed by atoms with Crippen LogP contribution in [-0.4, -0.2) is 30.4 Å². The van der Waals surface area contributed by atoms with Gasteiger partial charge in [0, 0.05) is 12.3 Å². The van der Waals surface area contributed by atoms with Crippen molar-refractivity contribution in [3.8, 4) is 0 Å². The Morgan fingerprint density at radius 3 is 2.37 bits per heavy atom. The summed E-state index contributed by atoms with van der Waals surface area (Å²) in [6, 6.07) is 1.48. The number of hydrogen-bond acceptors (Lipinski definition) is 5. The molecule has 0 aliphatic rings. The molecule has 104 valence electrons. The molecule has 2 N–H and O–H groups in total. The average molecular weight is 332 g/mol. The minimum absolute atomic E-state index is 0.258. The predicted octanol–water partition coefficient (Wildman–Crippen LogP) is 2.98. The number of pyridine rings is 1. The standard InChI is InChI=1S/C11H14BrN3O4/c1-3-18-10(16)14-8-5-9(13-6-7(8)12)15-11(17)19-4-2/h5-6H,3-4H2,1-2H3,(H2,13,14,15,16,17). The molecule has 0 aromatic carbocycles. The third-order valence-electron chi connectivity index (χ3n) is 1.87. The van der Waals surface area contributed by atoms with Crippen molar-refractivity contribution in [3.05, 3.63) is 16.7 Å². The van der Waals surface area contributed by atoms with Gasteiger partial charge in [-0.3, -0.25) is 10.6 Å². The highest BCUT2D eigenvalue weighted by atomic mass is 79.9. The molecule has 0 atom stereocenters. The Kier molecular flexibility index (Phi) is 6.07. The Bertz CT molecular complexity index is 467. The lowest BCUT2D eigenvalue weighted by Crippen LogP contribution is -2.16. The normalized spacial score (nSPS) is 9.63. The quantitative estimate of drug-likeness (QED) is 0.885. The maximum Gasteiger partial charge on any atom is 0.412 e. The molecule has 7 nitrogen and oxygen atoms in total. The first-order valence-electron chi connectivity index (χ1n) is 5.59. The summed E-state index contributed by atoms with van der Waals surface area (Å²) in [6.45, 7) is 3.93. The number of carbonyl (C=O) groups excluding carboxylic acids is 2. The Hall–Kier alpha value is -1.83. The van der Waals surface area contributed by atoms with Crippen LogP contribution in [-0.2, 0) is 9.47 Å². The number of nitrogens with one attached hydrogen (secondary N) is 2. The van der Waals surface area contributed by atoms with Crippen LogP contribution in [0.4, 0.5) is 21.1 Å². The number of rotatable bonds is 4. The van der Waals surface area contributed by atoms with Crippen molar-refractivity contribution in [2.75, 3.05) is 23.8 Å². The van der Waals surface area contributed by atoms with Gasteiger partial charge in [0.1, 0.15) is 5.82 Å². The number of ether oxygens (including phenoxy) is 2. The third kappa shape index (κ3) is 5.12. The first-order valence-corrected chi connectivity index (χ1v) is 6.39. The van der Waals surface area contributed by atoms with Crippen LogP contribution in [0.2, 0.25) is 0 Å². The molecule has 0 aliphatic heterocycles. The van der Waals surface area contributed by atoms with Gasteiger partial charge < -0.3 is 9.47 Å². The second kappa shape index (κ2) is 7.57. The molecule has 0 saturated carbocycles. The van der Waals surface area contributed by atoms with Gasteiger partial charge in [-0.15, -0.1) is 0 Å². The van der Waals surface area contributed by atoms with E-state index in [1.54, 1.807) is 13.8 Å². The van der Waals surface area contributed by atoms with E-state index in [4.69, 9.17) is 9.47 Å². The maximum atomic E-state index is 11.3. The van der Waals surface area contributed by atoms with E-state index in [2.05, 4.69) is 31.5 Å². The third-order valence-corrected chi connectivity index (χ3v) is 2.50. The summed E-state index contributed by atoms with van der Waals surface area (Å²) >= 11 is 3.23. The SMILES string of the molecule is CCOC(=O)Nc1cc(NC(=O)OCC)c(Br)cn1. The lowest BCUT2D eigenvalue weighted by molar-refractivity contribution is 0.167. The lowest BCUT2D eigenvalue weighted by atomic mass is 10.4. The fourth-order valence-electron chi connectivity index (χ4n) is 1.15. The second-order valence-corrected chi connectivity index (χ2v) is 4.09. The summed E-state index contributed by atoms with van der Waals surface area (Å²) in [6.07, 6.45) is 0.249. The van der Waals surface area contributed by atoms with Crippen LogP contribution in [0.15, 0.2) is 16.7 Å². The predicted molar refractivity (Wildman–Crippen MR) is 73.2 cm³/mol. The summed E-state index contributed by atoms with van der Waals surface area (Å²) in [5.74, 6) is 0.258. The number of aromatic nitrogens is 1. The van der Waals surface area contributed by atoms with E-state index in [-0.39, 0.29) is 19.0 Å². The van der Waals surface area contributed by atoms with Gasteiger partial charge in [0.15, 0.2) is 0 Å². The van der Waals surface area contributed by atoms with Crippen LogP contribution in [0.25, 0.3) is 0 Å². The van der Waals surface area contributed by atoms with Crippen molar-refractivity contribution in [3.63, 3.8) is 0 Å². The first-order chi connectivity index (χ1) is 9.06. The van der Waals surface area contributed by atoms with E-state index in [1.165, 1.54) is 12.3 Å². The zero-order chi connectivity index (χ0) is 14.3. The summed E-state index contributed by atoms with van der Waals surface area (Å²) < 4.78 is 10.0. The molecule has 0 bridgehead atoms. The van der Waals surface area contributed by atoms with Crippen LogP contribution in [0.5, 0.6) is 0 Å². The number of nitrogens with zero attached hydrogens (tertiary/aromatic N) is 1. The molecule has 8 heteroatoms. The van der Waals surface area contributed by atoms with Crippen LogP contribution < -0.4 is 10.6 Å². The largest absolute Gasteiger partial charge is 0.450 e. The maximum absolute atomic E-state index is 11.3. The summed E-state index contributed by atoms with van der Waals surface area (Å²) in [7, 11) is 0. The highest BCUT2D eigenvalue weighted by Gasteiger charge is 2.09. The molecular formula is C11H14BrN3O4. The van der Waals surface area contributed by atoms with Crippen LogP contribution in [0.1, 0.15) is 13.8 Å². The number of carbonyl (C=O) groups is 2. The molecule has 1 rings (SSSR count). The first kappa shape index (κ1) is 15.2. The van der Waals surface area contributed by atoms with Crippen LogP contribution in [0, 0.1) is 0 Å². The molecule has 0 radical (unpaired) electrons. The van der Waals surface area contributed by atoms with E-state index in [9.17, 15) is 9.59 Å². The van der Waals surface area contributed by atoms with E-state index >= 15 is 0 Å². The molecule has 0 fully saturated rings. The molecule has 0 aliphatic carbocycles. The molecule has 1 aromatic rings. The smallest absolute Gasteiger partial charge is 0.412 e. The fourth-order valence-corrected chi connectivity index (χ4v) is 1.47. The van der Waals surface area contributed by atoms with Crippen molar-refractivity contribution >= 4 is 39.6 Å². The van der Waals surface area contributed by atoms with Gasteiger partial charge in [0.05, 0.1) is 23.4 Å². The fraction of sp³-hybridized carbons (Fsp3) is 0.364. The van der Waals surface area contributed by atoms with Crippen LogP contribution >= 0.6 is 15.9 Å².